The van der Waals surface area contributed by atoms with E-state index in [0.717, 1.165) is 6.42 Å². The van der Waals surface area contributed by atoms with Crippen molar-refractivity contribution in [2.75, 3.05) is 10.6 Å². The number of rotatable bonds is 7. The van der Waals surface area contributed by atoms with Gasteiger partial charge in [0.15, 0.2) is 0 Å². The number of nitrogens with zero attached hydrogens (tertiary/aromatic N) is 4. The lowest BCUT2D eigenvalue weighted by atomic mass is 10.2. The minimum atomic E-state index is -0.474. The quantitative estimate of drug-likeness (QED) is 0.423. The lowest BCUT2D eigenvalue weighted by Gasteiger charge is -2.14. The Bertz CT molecular complexity index is 983. The molecule has 0 aliphatic rings. The smallest absolute Gasteiger partial charge is 0.292 e. The molecule has 2 aromatic heterocycles. The predicted octanol–water partition coefficient (Wildman–Crippen LogP) is 5.05. The van der Waals surface area contributed by atoms with E-state index in [0.29, 0.717) is 28.2 Å². The normalized spacial score (nSPS) is 11.7. The van der Waals surface area contributed by atoms with Crippen molar-refractivity contribution in [2.45, 2.75) is 26.3 Å². The maximum Gasteiger partial charge on any atom is 0.292 e. The van der Waals surface area contributed by atoms with Gasteiger partial charge in [0.25, 0.3) is 5.69 Å². The van der Waals surface area contributed by atoms with Crippen molar-refractivity contribution in [3.05, 3.63) is 63.8 Å². The van der Waals surface area contributed by atoms with Crippen LogP contribution in [-0.2, 0) is 0 Å². The molecule has 1 atom stereocenters. The van der Waals surface area contributed by atoms with Gasteiger partial charge in [-0.1, -0.05) is 24.6 Å². The van der Waals surface area contributed by atoms with Gasteiger partial charge in [0.05, 0.1) is 16.3 Å². The fraction of sp³-hybridized carbons (Fsp3) is 0.211. The number of nitrogens with one attached hydrogen (secondary N) is 2. The standard InChI is InChI=1S/C19H19ClN6O2/c1-3-12(2)22-19-24-15(14-6-4-5-9-21-14)11-18(25-19)23-16-10-13(20)7-8-17(16)26(27)28/h4-12H,3H2,1-2H3,(H2,22,23,24,25)/t12-/m1/s1. The molecule has 0 fully saturated rings. The Morgan fingerprint density at radius 1 is 1.18 bits per heavy atom. The Morgan fingerprint density at radius 3 is 2.68 bits per heavy atom. The van der Waals surface area contributed by atoms with E-state index >= 15 is 0 Å². The van der Waals surface area contributed by atoms with Gasteiger partial charge >= 0.3 is 0 Å². The maximum atomic E-state index is 11.3. The van der Waals surface area contributed by atoms with E-state index in [1.54, 1.807) is 12.3 Å². The van der Waals surface area contributed by atoms with Crippen LogP contribution in [0.1, 0.15) is 20.3 Å². The van der Waals surface area contributed by atoms with Crippen molar-refractivity contribution in [1.82, 2.24) is 15.0 Å². The molecule has 0 aliphatic heterocycles. The first-order chi connectivity index (χ1) is 13.5. The first kappa shape index (κ1) is 19.5. The molecule has 0 radical (unpaired) electrons. The third-order valence-corrected chi connectivity index (χ3v) is 4.29. The molecule has 3 rings (SSSR count). The van der Waals surface area contributed by atoms with Gasteiger partial charge < -0.3 is 10.6 Å². The van der Waals surface area contributed by atoms with Crippen LogP contribution in [0, 0.1) is 10.1 Å². The third kappa shape index (κ3) is 4.72. The Balaban J connectivity index is 2.04. The van der Waals surface area contributed by atoms with Gasteiger partial charge in [-0.3, -0.25) is 15.1 Å². The second-order valence-corrected chi connectivity index (χ2v) is 6.61. The molecule has 0 saturated carbocycles. The summed E-state index contributed by atoms with van der Waals surface area (Å²) in [6.07, 6.45) is 2.56. The Labute approximate surface area is 167 Å². The molecular weight excluding hydrogens is 380 g/mol. The van der Waals surface area contributed by atoms with Gasteiger partial charge in [-0.05, 0) is 37.6 Å². The van der Waals surface area contributed by atoms with E-state index in [4.69, 9.17) is 11.6 Å². The third-order valence-electron chi connectivity index (χ3n) is 4.06. The fourth-order valence-electron chi connectivity index (χ4n) is 2.45. The zero-order valence-corrected chi connectivity index (χ0v) is 16.1. The number of anilines is 3. The SMILES string of the molecule is CC[C@@H](C)Nc1nc(Nc2cc(Cl)ccc2[N+](=O)[O-])cc(-c2ccccn2)n1. The van der Waals surface area contributed by atoms with Crippen molar-refractivity contribution in [3.8, 4) is 11.4 Å². The number of hydrogen-bond acceptors (Lipinski definition) is 7. The summed E-state index contributed by atoms with van der Waals surface area (Å²) < 4.78 is 0. The highest BCUT2D eigenvalue weighted by Crippen LogP contribution is 2.31. The van der Waals surface area contributed by atoms with Gasteiger partial charge in [-0.2, -0.15) is 4.98 Å². The van der Waals surface area contributed by atoms with Crippen LogP contribution in [0.3, 0.4) is 0 Å². The molecule has 0 unspecified atom stereocenters. The van der Waals surface area contributed by atoms with E-state index in [2.05, 4.69) is 32.5 Å². The number of aromatic nitrogens is 3. The molecule has 3 aromatic rings. The van der Waals surface area contributed by atoms with Gasteiger partial charge in [0.1, 0.15) is 11.5 Å². The van der Waals surface area contributed by atoms with Crippen LogP contribution >= 0.6 is 11.6 Å². The van der Waals surface area contributed by atoms with E-state index in [1.165, 1.54) is 18.2 Å². The monoisotopic (exact) mass is 398 g/mol. The van der Waals surface area contributed by atoms with Crippen LogP contribution in [0.15, 0.2) is 48.7 Å². The predicted molar refractivity (Wildman–Crippen MR) is 110 cm³/mol. The van der Waals surface area contributed by atoms with E-state index in [1.807, 2.05) is 25.1 Å². The Morgan fingerprint density at radius 2 is 2.00 bits per heavy atom. The minimum absolute atomic E-state index is 0.0983. The van der Waals surface area contributed by atoms with Crippen molar-refractivity contribution >= 4 is 34.7 Å². The highest BCUT2D eigenvalue weighted by atomic mass is 35.5. The molecule has 0 saturated heterocycles. The lowest BCUT2D eigenvalue weighted by Crippen LogP contribution is -2.16. The van der Waals surface area contributed by atoms with Crippen LogP contribution in [0.25, 0.3) is 11.4 Å². The molecule has 2 N–H and O–H groups in total. The largest absolute Gasteiger partial charge is 0.352 e. The number of nitro benzene ring substituents is 1. The summed E-state index contributed by atoms with van der Waals surface area (Å²) in [5, 5.41) is 17.9. The second-order valence-electron chi connectivity index (χ2n) is 6.17. The lowest BCUT2D eigenvalue weighted by molar-refractivity contribution is -0.383. The van der Waals surface area contributed by atoms with Crippen molar-refractivity contribution in [2.24, 2.45) is 0 Å². The van der Waals surface area contributed by atoms with Crippen LogP contribution < -0.4 is 10.6 Å². The van der Waals surface area contributed by atoms with E-state index in [-0.39, 0.29) is 17.4 Å². The molecule has 0 bridgehead atoms. The van der Waals surface area contributed by atoms with Gasteiger partial charge in [-0.25, -0.2) is 4.98 Å². The maximum absolute atomic E-state index is 11.3. The number of benzene rings is 1. The van der Waals surface area contributed by atoms with Gasteiger partial charge in [0, 0.05) is 29.4 Å². The summed E-state index contributed by atoms with van der Waals surface area (Å²) in [4.78, 5) is 24.1. The van der Waals surface area contributed by atoms with Crippen LogP contribution in [0.2, 0.25) is 5.02 Å². The number of hydrogen-bond donors (Lipinski definition) is 2. The van der Waals surface area contributed by atoms with E-state index in [9.17, 15) is 10.1 Å². The average molecular weight is 399 g/mol. The zero-order chi connectivity index (χ0) is 20.1. The molecule has 0 spiro atoms. The first-order valence-corrected chi connectivity index (χ1v) is 9.12. The highest BCUT2D eigenvalue weighted by Gasteiger charge is 2.16. The number of halogens is 1. The molecule has 0 amide bonds. The first-order valence-electron chi connectivity index (χ1n) is 8.74. The summed E-state index contributed by atoms with van der Waals surface area (Å²) in [6, 6.07) is 11.7. The molecule has 1 aromatic carbocycles. The molecule has 8 nitrogen and oxygen atoms in total. The summed E-state index contributed by atoms with van der Waals surface area (Å²) in [7, 11) is 0. The van der Waals surface area contributed by atoms with Crippen molar-refractivity contribution < 1.29 is 4.92 Å². The summed E-state index contributed by atoms with van der Waals surface area (Å²) in [5.74, 6) is 0.802. The van der Waals surface area contributed by atoms with Gasteiger partial charge in [0.2, 0.25) is 5.95 Å². The molecule has 9 heteroatoms. The Hall–Kier alpha value is -3.26. The fourth-order valence-corrected chi connectivity index (χ4v) is 2.62. The van der Waals surface area contributed by atoms with E-state index < -0.39 is 4.92 Å². The highest BCUT2D eigenvalue weighted by molar-refractivity contribution is 6.31. The molecule has 0 aliphatic carbocycles. The second kappa shape index (κ2) is 8.62. The topological polar surface area (TPSA) is 106 Å². The van der Waals surface area contributed by atoms with Crippen molar-refractivity contribution in [1.29, 1.82) is 0 Å². The minimum Gasteiger partial charge on any atom is -0.352 e. The van der Waals surface area contributed by atoms with Crippen LogP contribution in [-0.4, -0.2) is 25.9 Å². The van der Waals surface area contributed by atoms with Crippen molar-refractivity contribution in [3.63, 3.8) is 0 Å². The zero-order valence-electron chi connectivity index (χ0n) is 15.4. The molecule has 144 valence electrons. The molecule has 28 heavy (non-hydrogen) atoms. The molecule has 2 heterocycles. The summed E-state index contributed by atoms with van der Waals surface area (Å²) in [6.45, 7) is 4.07. The average Bonchev–Trinajstić information content (AvgIpc) is 2.68. The van der Waals surface area contributed by atoms with Crippen LogP contribution in [0.4, 0.5) is 23.1 Å². The summed E-state index contributed by atoms with van der Waals surface area (Å²) in [5.41, 5.74) is 1.41. The molecular formula is C19H19ClN6O2. The number of pyridine rings is 1. The summed E-state index contributed by atoms with van der Waals surface area (Å²) >= 11 is 6.02. The van der Waals surface area contributed by atoms with Gasteiger partial charge in [-0.15, -0.1) is 0 Å². The van der Waals surface area contributed by atoms with Crippen LogP contribution in [0.5, 0.6) is 0 Å². The number of nitro groups is 1. The Kier molecular flexibility index (Phi) is 6.00.